The maximum Gasteiger partial charge on any atom is 0.234 e. The zero-order chi connectivity index (χ0) is 23.0. The van der Waals surface area contributed by atoms with Gasteiger partial charge in [0, 0.05) is 16.9 Å². The first kappa shape index (κ1) is 23.1. The Hall–Kier alpha value is -3.09. The van der Waals surface area contributed by atoms with Gasteiger partial charge in [-0.25, -0.2) is 0 Å². The van der Waals surface area contributed by atoms with Crippen molar-refractivity contribution in [2.45, 2.75) is 31.3 Å². The van der Waals surface area contributed by atoms with E-state index >= 15 is 0 Å². The number of hydrogen-bond donors (Lipinski definition) is 1. The second kappa shape index (κ2) is 11.2. The Bertz CT molecular complexity index is 1210. The van der Waals surface area contributed by atoms with Gasteiger partial charge in [0.05, 0.1) is 10.8 Å². The quantitative estimate of drug-likeness (QED) is 0.274. The standard InChI is InChI=1S/C26H25ClN4OS/c1-2-3-9-19-14-16-20(17-15-19)28-24(32)18-33-26-30-29-25(22-12-7-8-13-23(22)27)31(26)21-10-5-4-6-11-21/h4-8,10-17H,2-3,9,18H2,1H3,(H,28,32). The molecular weight excluding hydrogens is 452 g/mol. The van der Waals surface area contributed by atoms with Crippen molar-refractivity contribution in [3.63, 3.8) is 0 Å². The highest BCUT2D eigenvalue weighted by atomic mass is 35.5. The molecule has 0 aliphatic heterocycles. The Morgan fingerprint density at radius 1 is 0.970 bits per heavy atom. The summed E-state index contributed by atoms with van der Waals surface area (Å²) in [7, 11) is 0. The molecule has 4 aromatic rings. The second-order valence-electron chi connectivity index (χ2n) is 7.59. The Labute approximate surface area is 203 Å². The summed E-state index contributed by atoms with van der Waals surface area (Å²) in [5.74, 6) is 0.756. The fourth-order valence-corrected chi connectivity index (χ4v) is 4.43. The van der Waals surface area contributed by atoms with Crippen molar-refractivity contribution >= 4 is 35.0 Å². The molecule has 0 saturated heterocycles. The van der Waals surface area contributed by atoms with Crippen LogP contribution in [0.4, 0.5) is 5.69 Å². The van der Waals surface area contributed by atoms with Crippen molar-refractivity contribution in [3.05, 3.63) is 89.4 Å². The van der Waals surface area contributed by atoms with Crippen LogP contribution in [0, 0.1) is 0 Å². The van der Waals surface area contributed by atoms with Crippen molar-refractivity contribution in [2.75, 3.05) is 11.1 Å². The number of nitrogens with one attached hydrogen (secondary N) is 1. The number of aromatic nitrogens is 3. The van der Waals surface area contributed by atoms with Crippen LogP contribution in [0.2, 0.25) is 5.02 Å². The van der Waals surface area contributed by atoms with Crippen LogP contribution >= 0.6 is 23.4 Å². The largest absolute Gasteiger partial charge is 0.325 e. The van der Waals surface area contributed by atoms with Crippen molar-refractivity contribution in [3.8, 4) is 17.1 Å². The average Bonchev–Trinajstić information content (AvgIpc) is 3.27. The number of carbonyl (C=O) groups excluding carboxylic acids is 1. The fourth-order valence-electron chi connectivity index (χ4n) is 3.45. The number of benzene rings is 3. The predicted octanol–water partition coefficient (Wildman–Crippen LogP) is 6.66. The predicted molar refractivity (Wildman–Crippen MR) is 136 cm³/mol. The van der Waals surface area contributed by atoms with Crippen LogP contribution < -0.4 is 5.32 Å². The molecule has 1 heterocycles. The topological polar surface area (TPSA) is 59.8 Å². The summed E-state index contributed by atoms with van der Waals surface area (Å²) in [5.41, 5.74) is 3.77. The number of amides is 1. The van der Waals surface area contributed by atoms with E-state index in [1.54, 1.807) is 0 Å². The monoisotopic (exact) mass is 476 g/mol. The van der Waals surface area contributed by atoms with E-state index < -0.39 is 0 Å². The summed E-state index contributed by atoms with van der Waals surface area (Å²) in [5, 5.41) is 12.9. The Morgan fingerprint density at radius 3 is 2.42 bits per heavy atom. The molecule has 0 spiro atoms. The molecule has 0 radical (unpaired) electrons. The van der Waals surface area contributed by atoms with Gasteiger partial charge in [0.1, 0.15) is 0 Å². The maximum atomic E-state index is 12.6. The van der Waals surface area contributed by atoms with Gasteiger partial charge in [0.25, 0.3) is 0 Å². The van der Waals surface area contributed by atoms with Crippen LogP contribution in [0.15, 0.2) is 84.0 Å². The van der Waals surface area contributed by atoms with E-state index in [-0.39, 0.29) is 11.7 Å². The molecule has 3 aromatic carbocycles. The second-order valence-corrected chi connectivity index (χ2v) is 8.94. The van der Waals surface area contributed by atoms with Crippen LogP contribution in [-0.4, -0.2) is 26.4 Å². The van der Waals surface area contributed by atoms with E-state index in [1.165, 1.54) is 30.2 Å². The summed E-state index contributed by atoms with van der Waals surface area (Å²) >= 11 is 7.77. The minimum Gasteiger partial charge on any atom is -0.325 e. The smallest absolute Gasteiger partial charge is 0.234 e. The summed E-state index contributed by atoms with van der Waals surface area (Å²) in [4.78, 5) is 12.6. The number of rotatable bonds is 9. The lowest BCUT2D eigenvalue weighted by Gasteiger charge is -2.11. The molecule has 1 amide bonds. The molecule has 33 heavy (non-hydrogen) atoms. The number of carbonyl (C=O) groups is 1. The molecule has 0 fully saturated rings. The van der Waals surface area contributed by atoms with Crippen molar-refractivity contribution in [1.82, 2.24) is 14.8 Å². The van der Waals surface area contributed by atoms with E-state index in [4.69, 9.17) is 11.6 Å². The van der Waals surface area contributed by atoms with Crippen LogP contribution in [-0.2, 0) is 11.2 Å². The van der Waals surface area contributed by atoms with Gasteiger partial charge in [0.15, 0.2) is 11.0 Å². The lowest BCUT2D eigenvalue weighted by Crippen LogP contribution is -2.14. The van der Waals surface area contributed by atoms with E-state index in [0.29, 0.717) is 16.0 Å². The molecule has 0 saturated carbocycles. The number of anilines is 1. The number of nitrogens with zero attached hydrogens (tertiary/aromatic N) is 3. The first-order valence-corrected chi connectivity index (χ1v) is 12.3. The van der Waals surface area contributed by atoms with Gasteiger partial charge in [-0.05, 0) is 54.8 Å². The molecular formula is C26H25ClN4OS. The Balaban J connectivity index is 1.50. The summed E-state index contributed by atoms with van der Waals surface area (Å²) in [6.07, 6.45) is 3.39. The summed E-state index contributed by atoms with van der Waals surface area (Å²) in [6.45, 7) is 2.18. The SMILES string of the molecule is CCCCc1ccc(NC(=O)CSc2nnc(-c3ccccc3Cl)n2-c2ccccc2)cc1. The molecule has 0 aliphatic carbocycles. The molecule has 0 unspecified atom stereocenters. The fraction of sp³-hybridized carbons (Fsp3) is 0.192. The first-order valence-electron chi connectivity index (χ1n) is 10.9. The normalized spacial score (nSPS) is 10.8. The third kappa shape index (κ3) is 5.83. The van der Waals surface area contributed by atoms with E-state index in [1.807, 2.05) is 71.3 Å². The van der Waals surface area contributed by atoms with E-state index in [9.17, 15) is 4.79 Å². The molecule has 0 aliphatic rings. The minimum absolute atomic E-state index is 0.0942. The van der Waals surface area contributed by atoms with E-state index in [0.717, 1.165) is 23.4 Å². The average molecular weight is 477 g/mol. The van der Waals surface area contributed by atoms with Crippen LogP contribution in [0.25, 0.3) is 17.1 Å². The van der Waals surface area contributed by atoms with Gasteiger partial charge < -0.3 is 5.32 Å². The number of hydrogen-bond acceptors (Lipinski definition) is 4. The lowest BCUT2D eigenvalue weighted by molar-refractivity contribution is -0.113. The van der Waals surface area contributed by atoms with Gasteiger partial charge in [0.2, 0.25) is 5.91 Å². The third-order valence-electron chi connectivity index (χ3n) is 5.15. The summed E-state index contributed by atoms with van der Waals surface area (Å²) < 4.78 is 1.93. The third-order valence-corrected chi connectivity index (χ3v) is 6.41. The molecule has 0 bridgehead atoms. The van der Waals surface area contributed by atoms with Crippen molar-refractivity contribution in [1.29, 1.82) is 0 Å². The highest BCUT2D eigenvalue weighted by Crippen LogP contribution is 2.31. The summed E-state index contributed by atoms with van der Waals surface area (Å²) in [6, 6.07) is 25.4. The molecule has 4 rings (SSSR count). The van der Waals surface area contributed by atoms with Crippen LogP contribution in [0.3, 0.4) is 0 Å². The van der Waals surface area contributed by atoms with E-state index in [2.05, 4.69) is 34.6 Å². The lowest BCUT2D eigenvalue weighted by atomic mass is 10.1. The number of thioether (sulfide) groups is 1. The molecule has 1 aromatic heterocycles. The maximum absolute atomic E-state index is 12.6. The van der Waals surface area contributed by atoms with Gasteiger partial charge in [-0.1, -0.05) is 79.2 Å². The molecule has 5 nitrogen and oxygen atoms in total. The minimum atomic E-state index is -0.0942. The number of para-hydroxylation sites is 1. The van der Waals surface area contributed by atoms with Gasteiger partial charge in [-0.15, -0.1) is 10.2 Å². The number of aryl methyl sites for hydroxylation is 1. The van der Waals surface area contributed by atoms with Gasteiger partial charge in [-0.3, -0.25) is 9.36 Å². The van der Waals surface area contributed by atoms with Crippen LogP contribution in [0.1, 0.15) is 25.3 Å². The zero-order valence-corrected chi connectivity index (χ0v) is 19.9. The van der Waals surface area contributed by atoms with Gasteiger partial charge in [-0.2, -0.15) is 0 Å². The van der Waals surface area contributed by atoms with Gasteiger partial charge >= 0.3 is 0 Å². The first-order chi connectivity index (χ1) is 16.2. The molecule has 168 valence electrons. The Morgan fingerprint density at radius 2 is 1.70 bits per heavy atom. The number of unbranched alkanes of at least 4 members (excludes halogenated alkanes) is 1. The van der Waals surface area contributed by atoms with Crippen LogP contribution in [0.5, 0.6) is 0 Å². The van der Waals surface area contributed by atoms with Crippen molar-refractivity contribution in [2.24, 2.45) is 0 Å². The molecule has 1 N–H and O–H groups in total. The molecule has 7 heteroatoms. The Kier molecular flexibility index (Phi) is 7.81. The highest BCUT2D eigenvalue weighted by molar-refractivity contribution is 7.99. The zero-order valence-electron chi connectivity index (χ0n) is 18.4. The number of halogens is 1. The molecule has 0 atom stereocenters. The highest BCUT2D eigenvalue weighted by Gasteiger charge is 2.18. The van der Waals surface area contributed by atoms with Crippen molar-refractivity contribution < 1.29 is 4.79 Å².